The van der Waals surface area contributed by atoms with E-state index in [1.165, 1.54) is 29.9 Å². The molecule has 2 aromatic rings. The summed E-state index contributed by atoms with van der Waals surface area (Å²) in [6.45, 7) is 2.38. The lowest BCUT2D eigenvalue weighted by molar-refractivity contribution is -0.122. The van der Waals surface area contributed by atoms with E-state index in [1.54, 1.807) is 14.0 Å². The summed E-state index contributed by atoms with van der Waals surface area (Å²) >= 11 is 1.48. The van der Waals surface area contributed by atoms with Crippen molar-refractivity contribution in [2.45, 2.75) is 26.1 Å². The fourth-order valence-corrected chi connectivity index (χ4v) is 2.45. The molecule has 118 valence electrons. The third kappa shape index (κ3) is 4.40. The average Bonchev–Trinajstić information content (AvgIpc) is 3.16. The number of nitrogens with one attached hydrogen (secondary N) is 2. The molecule has 0 saturated heterocycles. The number of nitrogens with zero attached hydrogens (tertiary/aromatic N) is 1. The first-order valence-electron chi connectivity index (χ1n) is 6.63. The van der Waals surface area contributed by atoms with E-state index in [-0.39, 0.29) is 11.8 Å². The zero-order valence-corrected chi connectivity index (χ0v) is 13.1. The number of carbonyl (C=O) groups is 2. The van der Waals surface area contributed by atoms with Crippen LogP contribution < -0.4 is 10.6 Å². The van der Waals surface area contributed by atoms with Gasteiger partial charge in [-0.3, -0.25) is 9.59 Å². The van der Waals surface area contributed by atoms with Gasteiger partial charge in [0.25, 0.3) is 5.91 Å². The number of rotatable bonds is 7. The van der Waals surface area contributed by atoms with Crippen molar-refractivity contribution in [2.75, 3.05) is 7.11 Å². The van der Waals surface area contributed by atoms with E-state index < -0.39 is 6.04 Å². The van der Waals surface area contributed by atoms with Gasteiger partial charge in [0.1, 0.15) is 17.3 Å². The van der Waals surface area contributed by atoms with Gasteiger partial charge in [0.15, 0.2) is 0 Å². The summed E-state index contributed by atoms with van der Waals surface area (Å²) in [6.07, 6.45) is 2.73. The van der Waals surface area contributed by atoms with Crippen LogP contribution in [0, 0.1) is 0 Å². The predicted octanol–water partition coefficient (Wildman–Crippen LogP) is 1.32. The van der Waals surface area contributed by atoms with Gasteiger partial charge in [0.05, 0.1) is 30.7 Å². The second-order valence-corrected chi connectivity index (χ2v) is 5.53. The number of ether oxygens (including phenoxy) is 1. The Morgan fingerprint density at radius 1 is 1.50 bits per heavy atom. The number of methoxy groups -OCH3 is 1. The largest absolute Gasteiger partial charge is 0.472 e. The number of thiazole rings is 1. The summed E-state index contributed by atoms with van der Waals surface area (Å²) < 4.78 is 9.82. The van der Waals surface area contributed by atoms with Gasteiger partial charge in [0, 0.05) is 12.5 Å². The SMILES string of the molecule is COCc1nc(CNC(=O)C(C)NC(=O)c2ccoc2)cs1. The zero-order valence-electron chi connectivity index (χ0n) is 12.3. The number of hydrogen-bond acceptors (Lipinski definition) is 6. The second-order valence-electron chi connectivity index (χ2n) is 4.59. The summed E-state index contributed by atoms with van der Waals surface area (Å²) in [7, 11) is 1.60. The first kappa shape index (κ1) is 16.2. The lowest BCUT2D eigenvalue weighted by atomic mass is 10.2. The highest BCUT2D eigenvalue weighted by Gasteiger charge is 2.17. The molecule has 0 saturated carbocycles. The molecule has 0 bridgehead atoms. The average molecular weight is 323 g/mol. The van der Waals surface area contributed by atoms with Crippen molar-refractivity contribution < 1.29 is 18.7 Å². The number of carbonyl (C=O) groups excluding carboxylic acids is 2. The van der Waals surface area contributed by atoms with Gasteiger partial charge in [-0.05, 0) is 13.0 Å². The van der Waals surface area contributed by atoms with Gasteiger partial charge >= 0.3 is 0 Å². The first-order chi connectivity index (χ1) is 10.6. The molecule has 8 heteroatoms. The Hall–Kier alpha value is -2.19. The molecule has 0 aliphatic rings. The molecule has 2 rings (SSSR count). The topological polar surface area (TPSA) is 93.5 Å². The normalized spacial score (nSPS) is 11.9. The van der Waals surface area contributed by atoms with Gasteiger partial charge in [-0.25, -0.2) is 4.98 Å². The molecule has 2 N–H and O–H groups in total. The molecule has 7 nitrogen and oxygen atoms in total. The van der Waals surface area contributed by atoms with Crippen LogP contribution in [0.3, 0.4) is 0 Å². The maximum atomic E-state index is 12.0. The van der Waals surface area contributed by atoms with E-state index >= 15 is 0 Å². The van der Waals surface area contributed by atoms with Crippen molar-refractivity contribution in [3.05, 3.63) is 40.2 Å². The lowest BCUT2D eigenvalue weighted by Gasteiger charge is -2.12. The maximum Gasteiger partial charge on any atom is 0.255 e. The molecule has 0 aliphatic carbocycles. The van der Waals surface area contributed by atoms with E-state index in [0.29, 0.717) is 18.7 Å². The molecule has 2 heterocycles. The van der Waals surface area contributed by atoms with Crippen LogP contribution in [-0.2, 0) is 22.7 Å². The Kier molecular flexibility index (Phi) is 5.68. The van der Waals surface area contributed by atoms with Crippen molar-refractivity contribution in [2.24, 2.45) is 0 Å². The van der Waals surface area contributed by atoms with Gasteiger partial charge in [-0.1, -0.05) is 0 Å². The minimum absolute atomic E-state index is 0.280. The summed E-state index contributed by atoms with van der Waals surface area (Å²) in [5.41, 5.74) is 1.14. The predicted molar refractivity (Wildman–Crippen MR) is 80.3 cm³/mol. The van der Waals surface area contributed by atoms with Crippen LogP contribution in [0.25, 0.3) is 0 Å². The van der Waals surface area contributed by atoms with E-state index in [9.17, 15) is 9.59 Å². The highest BCUT2D eigenvalue weighted by Crippen LogP contribution is 2.10. The minimum atomic E-state index is -0.653. The Morgan fingerprint density at radius 3 is 3.00 bits per heavy atom. The molecule has 2 amide bonds. The van der Waals surface area contributed by atoms with E-state index in [1.807, 2.05) is 5.38 Å². The Bertz CT molecular complexity index is 624. The van der Waals surface area contributed by atoms with E-state index in [4.69, 9.17) is 9.15 Å². The molecule has 0 radical (unpaired) electrons. The van der Waals surface area contributed by atoms with Crippen LogP contribution in [0.15, 0.2) is 28.4 Å². The molecule has 0 spiro atoms. The molecule has 0 aromatic carbocycles. The molecule has 0 aliphatic heterocycles. The van der Waals surface area contributed by atoms with Crippen LogP contribution in [0.1, 0.15) is 28.0 Å². The fraction of sp³-hybridized carbons (Fsp3) is 0.357. The van der Waals surface area contributed by atoms with E-state index in [2.05, 4.69) is 15.6 Å². The summed E-state index contributed by atoms with van der Waals surface area (Å²) in [6, 6.07) is 0.881. The van der Waals surface area contributed by atoms with Gasteiger partial charge < -0.3 is 19.8 Å². The summed E-state index contributed by atoms with van der Waals surface area (Å²) in [5, 5.41) is 8.05. The molecular formula is C14H17N3O4S. The smallest absolute Gasteiger partial charge is 0.255 e. The standard InChI is InChI=1S/C14H17N3O4S/c1-9(16-14(19)10-3-4-21-6-10)13(18)15-5-11-8-22-12(17-11)7-20-2/h3-4,6,8-9H,5,7H2,1-2H3,(H,15,18)(H,16,19). The quantitative estimate of drug-likeness (QED) is 0.801. The van der Waals surface area contributed by atoms with E-state index in [0.717, 1.165) is 10.7 Å². The maximum absolute atomic E-state index is 12.0. The molecule has 22 heavy (non-hydrogen) atoms. The molecule has 0 fully saturated rings. The monoisotopic (exact) mass is 323 g/mol. The fourth-order valence-electron chi connectivity index (χ4n) is 1.69. The zero-order chi connectivity index (χ0) is 15.9. The number of hydrogen-bond donors (Lipinski definition) is 2. The first-order valence-corrected chi connectivity index (χ1v) is 7.51. The lowest BCUT2D eigenvalue weighted by Crippen LogP contribution is -2.44. The highest BCUT2D eigenvalue weighted by atomic mass is 32.1. The molecule has 2 aromatic heterocycles. The van der Waals surface area contributed by atoms with Crippen LogP contribution in [-0.4, -0.2) is 29.9 Å². The summed E-state index contributed by atoms with van der Waals surface area (Å²) in [4.78, 5) is 28.1. The minimum Gasteiger partial charge on any atom is -0.472 e. The molecule has 1 atom stereocenters. The van der Waals surface area contributed by atoms with Gasteiger partial charge in [-0.15, -0.1) is 11.3 Å². The third-order valence-corrected chi connectivity index (χ3v) is 3.71. The van der Waals surface area contributed by atoms with Crippen molar-refractivity contribution in [3.63, 3.8) is 0 Å². The number of amides is 2. The van der Waals surface area contributed by atoms with Crippen molar-refractivity contribution in [1.82, 2.24) is 15.6 Å². The number of aromatic nitrogens is 1. The third-order valence-electron chi connectivity index (χ3n) is 2.84. The van der Waals surface area contributed by atoms with Gasteiger partial charge in [0.2, 0.25) is 5.91 Å². The Morgan fingerprint density at radius 2 is 2.32 bits per heavy atom. The van der Waals surface area contributed by atoms with Crippen molar-refractivity contribution >= 4 is 23.2 Å². The number of furan rings is 1. The second kappa shape index (κ2) is 7.71. The van der Waals surface area contributed by atoms with Crippen LogP contribution in [0.4, 0.5) is 0 Å². The summed E-state index contributed by atoms with van der Waals surface area (Å²) in [5.74, 6) is -0.634. The van der Waals surface area contributed by atoms with Gasteiger partial charge in [-0.2, -0.15) is 0 Å². The van der Waals surface area contributed by atoms with Crippen molar-refractivity contribution in [1.29, 1.82) is 0 Å². The Balaban J connectivity index is 1.79. The highest BCUT2D eigenvalue weighted by molar-refractivity contribution is 7.09. The Labute approximate surface area is 131 Å². The van der Waals surface area contributed by atoms with Crippen LogP contribution in [0.2, 0.25) is 0 Å². The van der Waals surface area contributed by atoms with Crippen LogP contribution in [0.5, 0.6) is 0 Å². The van der Waals surface area contributed by atoms with Crippen molar-refractivity contribution in [3.8, 4) is 0 Å². The molecular weight excluding hydrogens is 306 g/mol. The molecule has 1 unspecified atom stereocenters. The van der Waals surface area contributed by atoms with Crippen LogP contribution >= 0.6 is 11.3 Å².